The molecule has 2 heterocycles. The molecule has 114 valence electrons. The molecule has 0 bridgehead atoms. The molecule has 2 fully saturated rings. The third-order valence-corrected chi connectivity index (χ3v) is 5.77. The van der Waals surface area contributed by atoms with Crippen LogP contribution in [0.5, 0.6) is 0 Å². The summed E-state index contributed by atoms with van der Waals surface area (Å²) >= 11 is 0. The molecule has 3 rings (SSSR count). The van der Waals surface area contributed by atoms with Gasteiger partial charge in [-0.05, 0) is 24.2 Å². The Morgan fingerprint density at radius 3 is 2.62 bits per heavy atom. The Labute approximate surface area is 129 Å². The SMILES string of the molecule is CC(C)(C)[C@@]12C[C@H]1C[C@@H](c1ncc(C#C[Si](C)(C)C)[nH]1)N2. The number of imidazole rings is 1. The molecule has 21 heavy (non-hydrogen) atoms. The van der Waals surface area contributed by atoms with Crippen molar-refractivity contribution in [2.24, 2.45) is 11.3 Å². The zero-order chi connectivity index (χ0) is 15.5. The molecule has 1 saturated carbocycles. The topological polar surface area (TPSA) is 40.7 Å². The Balaban J connectivity index is 1.73. The maximum absolute atomic E-state index is 4.56. The fourth-order valence-corrected chi connectivity index (χ4v) is 4.10. The molecule has 2 N–H and O–H groups in total. The zero-order valence-corrected chi connectivity index (χ0v) is 15.1. The van der Waals surface area contributed by atoms with Crippen molar-refractivity contribution in [1.82, 2.24) is 15.3 Å². The second-order valence-corrected chi connectivity index (χ2v) is 13.5. The van der Waals surface area contributed by atoms with E-state index >= 15 is 0 Å². The number of H-pyrrole nitrogens is 1. The van der Waals surface area contributed by atoms with Crippen molar-refractivity contribution in [3.63, 3.8) is 0 Å². The van der Waals surface area contributed by atoms with Crippen LogP contribution in [0.2, 0.25) is 19.6 Å². The summed E-state index contributed by atoms with van der Waals surface area (Å²) in [6.45, 7) is 13.8. The fraction of sp³-hybridized carbons (Fsp3) is 0.706. The summed E-state index contributed by atoms with van der Waals surface area (Å²) in [6.07, 6.45) is 4.40. The van der Waals surface area contributed by atoms with Crippen LogP contribution in [0, 0.1) is 22.8 Å². The van der Waals surface area contributed by atoms with Crippen LogP contribution in [0.25, 0.3) is 0 Å². The van der Waals surface area contributed by atoms with Gasteiger partial charge in [-0.15, -0.1) is 5.54 Å². The van der Waals surface area contributed by atoms with E-state index in [1.807, 2.05) is 6.20 Å². The van der Waals surface area contributed by atoms with Crippen LogP contribution >= 0.6 is 0 Å². The monoisotopic (exact) mass is 301 g/mol. The maximum atomic E-state index is 4.56. The summed E-state index contributed by atoms with van der Waals surface area (Å²) in [5.41, 5.74) is 4.99. The lowest BCUT2D eigenvalue weighted by Crippen LogP contribution is -2.42. The highest BCUT2D eigenvalue weighted by atomic mass is 28.3. The van der Waals surface area contributed by atoms with Gasteiger partial charge >= 0.3 is 0 Å². The largest absolute Gasteiger partial charge is 0.334 e. The number of hydrogen-bond acceptors (Lipinski definition) is 2. The number of aromatic amines is 1. The molecule has 1 aromatic heterocycles. The highest BCUT2D eigenvalue weighted by Crippen LogP contribution is 2.62. The highest BCUT2D eigenvalue weighted by molar-refractivity contribution is 6.83. The number of rotatable bonds is 1. The Morgan fingerprint density at radius 1 is 1.33 bits per heavy atom. The van der Waals surface area contributed by atoms with Crippen LogP contribution in [0.3, 0.4) is 0 Å². The molecule has 3 nitrogen and oxygen atoms in total. The Kier molecular flexibility index (Phi) is 3.16. The minimum absolute atomic E-state index is 0.319. The Bertz CT molecular complexity index is 608. The molecule has 0 spiro atoms. The number of hydrogen-bond donors (Lipinski definition) is 2. The number of piperidine rings is 1. The van der Waals surface area contributed by atoms with Crippen LogP contribution in [-0.2, 0) is 0 Å². The summed E-state index contributed by atoms with van der Waals surface area (Å²) in [5, 5.41) is 3.85. The molecule has 0 amide bonds. The maximum Gasteiger partial charge on any atom is 0.129 e. The first-order valence-electron chi connectivity index (χ1n) is 7.96. The van der Waals surface area contributed by atoms with Gasteiger partial charge in [0, 0.05) is 5.54 Å². The summed E-state index contributed by atoms with van der Waals surface area (Å²) in [6, 6.07) is 0.366. The predicted molar refractivity (Wildman–Crippen MR) is 89.6 cm³/mol. The molecule has 2 aliphatic rings. The molecule has 1 aliphatic heterocycles. The van der Waals surface area contributed by atoms with E-state index in [0.29, 0.717) is 17.0 Å². The first kappa shape index (κ1) is 14.9. The van der Waals surface area contributed by atoms with Gasteiger partial charge in [-0.1, -0.05) is 46.3 Å². The zero-order valence-electron chi connectivity index (χ0n) is 14.1. The minimum atomic E-state index is -1.33. The van der Waals surface area contributed by atoms with E-state index in [0.717, 1.165) is 17.4 Å². The third-order valence-electron chi connectivity index (χ3n) is 4.89. The third kappa shape index (κ3) is 2.69. The summed E-state index contributed by atoms with van der Waals surface area (Å²) in [7, 11) is -1.33. The van der Waals surface area contributed by atoms with Gasteiger partial charge in [-0.3, -0.25) is 0 Å². The van der Waals surface area contributed by atoms with Gasteiger partial charge in [0.2, 0.25) is 0 Å². The number of nitrogens with one attached hydrogen (secondary N) is 2. The second kappa shape index (κ2) is 4.47. The van der Waals surface area contributed by atoms with Gasteiger partial charge in [0.05, 0.1) is 12.2 Å². The summed E-state index contributed by atoms with van der Waals surface area (Å²) in [4.78, 5) is 7.97. The van der Waals surface area contributed by atoms with Crippen molar-refractivity contribution in [2.45, 2.75) is 64.8 Å². The second-order valence-electron chi connectivity index (χ2n) is 8.74. The van der Waals surface area contributed by atoms with Crippen molar-refractivity contribution >= 4 is 8.07 Å². The average molecular weight is 302 g/mol. The molecular weight excluding hydrogens is 274 g/mol. The van der Waals surface area contributed by atoms with Crippen molar-refractivity contribution in [3.8, 4) is 11.5 Å². The van der Waals surface area contributed by atoms with Crippen LogP contribution in [0.1, 0.15) is 51.2 Å². The number of fused-ring (bicyclic) bond motifs is 1. The minimum Gasteiger partial charge on any atom is -0.334 e. The molecule has 0 radical (unpaired) electrons. The van der Waals surface area contributed by atoms with E-state index in [-0.39, 0.29) is 0 Å². The van der Waals surface area contributed by atoms with Crippen molar-refractivity contribution < 1.29 is 0 Å². The van der Waals surface area contributed by atoms with Crippen LogP contribution in [0.15, 0.2) is 6.20 Å². The van der Waals surface area contributed by atoms with Gasteiger partial charge in [-0.2, -0.15) is 0 Å². The quantitative estimate of drug-likeness (QED) is 0.616. The smallest absolute Gasteiger partial charge is 0.129 e. The lowest BCUT2D eigenvalue weighted by Gasteiger charge is -2.31. The summed E-state index contributed by atoms with van der Waals surface area (Å²) < 4.78 is 0. The van der Waals surface area contributed by atoms with E-state index < -0.39 is 8.07 Å². The molecule has 4 heteroatoms. The molecule has 1 saturated heterocycles. The van der Waals surface area contributed by atoms with Crippen molar-refractivity contribution in [3.05, 3.63) is 17.7 Å². The van der Waals surface area contributed by atoms with Gasteiger partial charge < -0.3 is 10.3 Å². The number of nitrogens with zero attached hydrogens (tertiary/aromatic N) is 1. The molecule has 0 unspecified atom stereocenters. The van der Waals surface area contributed by atoms with Crippen LogP contribution < -0.4 is 5.32 Å². The van der Waals surface area contributed by atoms with Crippen LogP contribution in [0.4, 0.5) is 0 Å². The van der Waals surface area contributed by atoms with Crippen LogP contribution in [-0.4, -0.2) is 23.6 Å². The first-order valence-corrected chi connectivity index (χ1v) is 11.5. The van der Waals surface area contributed by atoms with E-state index in [1.165, 1.54) is 12.8 Å². The van der Waals surface area contributed by atoms with Crippen molar-refractivity contribution in [2.75, 3.05) is 0 Å². The Hall–Kier alpha value is -1.05. The molecule has 3 atom stereocenters. The molecule has 0 aromatic carbocycles. The predicted octanol–water partition coefficient (Wildman–Crippen LogP) is 3.48. The molecule has 1 aromatic rings. The first-order chi connectivity index (χ1) is 9.61. The van der Waals surface area contributed by atoms with Gasteiger partial charge in [-0.25, -0.2) is 4.98 Å². The lowest BCUT2D eigenvalue weighted by molar-refractivity contribution is 0.244. The summed E-state index contributed by atoms with van der Waals surface area (Å²) in [5.74, 6) is 5.13. The Morgan fingerprint density at radius 2 is 2.05 bits per heavy atom. The van der Waals surface area contributed by atoms with E-state index in [9.17, 15) is 0 Å². The van der Waals surface area contributed by atoms with E-state index in [2.05, 4.69) is 67.2 Å². The van der Waals surface area contributed by atoms with Crippen molar-refractivity contribution in [1.29, 1.82) is 0 Å². The normalized spacial score (nSPS) is 31.5. The fourth-order valence-electron chi connectivity index (χ4n) is 3.59. The standard InChI is InChI=1S/C17H27N3Si/c1-16(2,3)17-10-12(17)9-14(20-17)15-18-11-13(19-15)7-8-21(4,5)6/h11-12,14,20H,9-10H2,1-6H3,(H,18,19)/t12-,14+,17-/m1/s1. The van der Waals surface area contributed by atoms with E-state index in [4.69, 9.17) is 0 Å². The average Bonchev–Trinajstić information content (AvgIpc) is 2.76. The lowest BCUT2D eigenvalue weighted by atomic mass is 9.83. The highest BCUT2D eigenvalue weighted by Gasteiger charge is 2.65. The number of aromatic nitrogens is 2. The molecular formula is C17H27N3Si. The van der Waals surface area contributed by atoms with Gasteiger partial charge in [0.25, 0.3) is 0 Å². The van der Waals surface area contributed by atoms with E-state index in [1.54, 1.807) is 0 Å². The van der Waals surface area contributed by atoms with Gasteiger partial charge in [0.15, 0.2) is 0 Å². The molecule has 1 aliphatic carbocycles. The van der Waals surface area contributed by atoms with Gasteiger partial charge in [0.1, 0.15) is 19.6 Å².